The Hall–Kier alpha value is -0.340. The molecule has 0 radical (unpaired) electrons. The minimum Gasteiger partial charge on any atom is -0.362 e. The third-order valence-electron chi connectivity index (χ3n) is 4.64. The molecule has 1 heterocycles. The number of ether oxygens (including phenoxy) is 1. The van der Waals surface area contributed by atoms with Gasteiger partial charge in [0.15, 0.2) is 0 Å². The molecule has 0 saturated carbocycles. The highest BCUT2D eigenvalue weighted by Crippen LogP contribution is 2.35. The van der Waals surface area contributed by atoms with Gasteiger partial charge in [0.2, 0.25) is 0 Å². The van der Waals surface area contributed by atoms with Crippen LogP contribution in [0.3, 0.4) is 0 Å². The van der Waals surface area contributed by atoms with E-state index < -0.39 is 0 Å². The maximum Gasteiger partial charge on any atom is 0.113 e. The van der Waals surface area contributed by atoms with Crippen LogP contribution < -0.4 is 0 Å². The summed E-state index contributed by atoms with van der Waals surface area (Å²) >= 11 is 0. The Morgan fingerprint density at radius 2 is 2.11 bits per heavy atom. The smallest absolute Gasteiger partial charge is 0.113 e. The summed E-state index contributed by atoms with van der Waals surface area (Å²) in [6.45, 7) is 14.8. The molecule has 18 heavy (non-hydrogen) atoms. The van der Waals surface area contributed by atoms with Crippen LogP contribution in [0.4, 0.5) is 0 Å². The Labute approximate surface area is 112 Å². The van der Waals surface area contributed by atoms with E-state index in [4.69, 9.17) is 4.74 Å². The normalized spacial score (nSPS) is 38.2. The minimum atomic E-state index is 0.344. The van der Waals surface area contributed by atoms with Gasteiger partial charge in [-0.25, -0.2) is 0 Å². The van der Waals surface area contributed by atoms with Gasteiger partial charge in [-0.2, -0.15) is 0 Å². The second-order valence-electron chi connectivity index (χ2n) is 6.72. The number of hydrogen-bond acceptors (Lipinski definition) is 2. The maximum absolute atomic E-state index is 5.87. The number of hydrogen-bond donors (Lipinski definition) is 0. The summed E-state index contributed by atoms with van der Waals surface area (Å²) in [5.74, 6) is 2.90. The van der Waals surface area contributed by atoms with E-state index in [0.29, 0.717) is 18.1 Å². The number of nitrogens with zero attached hydrogens (tertiary/aromatic N) is 1. The van der Waals surface area contributed by atoms with E-state index in [-0.39, 0.29) is 0 Å². The van der Waals surface area contributed by atoms with Crippen molar-refractivity contribution < 1.29 is 4.74 Å². The van der Waals surface area contributed by atoms with Crippen molar-refractivity contribution >= 4 is 0 Å². The standard InChI is InChI=1S/C16H29NO/c1-11(2)16-17(6-7-18-16)10-15-13(4)8-12(3)9-14(15)5/h8,11,13-16H,6-7,9-10H2,1-5H3/t13-,14+,15-,16-/m1/s1. The largest absolute Gasteiger partial charge is 0.362 e. The first-order chi connectivity index (χ1) is 8.49. The van der Waals surface area contributed by atoms with Gasteiger partial charge in [0.05, 0.1) is 6.61 Å². The predicted molar refractivity (Wildman–Crippen MR) is 76.3 cm³/mol. The number of allylic oxidation sites excluding steroid dienone is 2. The van der Waals surface area contributed by atoms with Crippen LogP contribution in [0.25, 0.3) is 0 Å². The average molecular weight is 251 g/mol. The highest BCUT2D eigenvalue weighted by atomic mass is 16.5. The molecule has 0 amide bonds. The lowest BCUT2D eigenvalue weighted by atomic mass is 9.74. The van der Waals surface area contributed by atoms with Crippen molar-refractivity contribution in [2.45, 2.75) is 47.3 Å². The zero-order valence-corrected chi connectivity index (χ0v) is 12.6. The molecule has 2 aliphatic rings. The molecule has 0 unspecified atom stereocenters. The van der Waals surface area contributed by atoms with Gasteiger partial charge < -0.3 is 4.74 Å². The summed E-state index contributed by atoms with van der Waals surface area (Å²) in [4.78, 5) is 2.57. The summed E-state index contributed by atoms with van der Waals surface area (Å²) in [5.41, 5.74) is 1.57. The van der Waals surface area contributed by atoms with Gasteiger partial charge in [-0.1, -0.05) is 39.3 Å². The Kier molecular flexibility index (Phi) is 4.50. The van der Waals surface area contributed by atoms with E-state index in [1.165, 1.54) is 13.0 Å². The Morgan fingerprint density at radius 3 is 2.72 bits per heavy atom. The molecule has 2 nitrogen and oxygen atoms in total. The van der Waals surface area contributed by atoms with E-state index in [0.717, 1.165) is 25.0 Å². The topological polar surface area (TPSA) is 12.5 Å². The van der Waals surface area contributed by atoms with Crippen molar-refractivity contribution in [2.24, 2.45) is 23.7 Å². The molecule has 4 atom stereocenters. The third-order valence-corrected chi connectivity index (χ3v) is 4.64. The lowest BCUT2D eigenvalue weighted by Gasteiger charge is -2.37. The van der Waals surface area contributed by atoms with Crippen molar-refractivity contribution in [3.8, 4) is 0 Å². The van der Waals surface area contributed by atoms with Crippen LogP contribution >= 0.6 is 0 Å². The molecular formula is C16H29NO. The summed E-state index contributed by atoms with van der Waals surface area (Å²) in [6, 6.07) is 0. The molecule has 0 bridgehead atoms. The lowest BCUT2D eigenvalue weighted by Crippen LogP contribution is -2.41. The van der Waals surface area contributed by atoms with Gasteiger partial charge >= 0.3 is 0 Å². The van der Waals surface area contributed by atoms with Crippen molar-refractivity contribution in [3.63, 3.8) is 0 Å². The van der Waals surface area contributed by atoms with Crippen LogP contribution in [0.2, 0.25) is 0 Å². The van der Waals surface area contributed by atoms with Crippen molar-refractivity contribution in [1.29, 1.82) is 0 Å². The van der Waals surface area contributed by atoms with E-state index in [1.807, 2.05) is 0 Å². The second-order valence-corrected chi connectivity index (χ2v) is 6.72. The fourth-order valence-corrected chi connectivity index (χ4v) is 3.77. The molecule has 0 aromatic rings. The highest BCUT2D eigenvalue weighted by Gasteiger charge is 2.34. The highest BCUT2D eigenvalue weighted by molar-refractivity contribution is 5.08. The minimum absolute atomic E-state index is 0.344. The quantitative estimate of drug-likeness (QED) is 0.711. The summed E-state index contributed by atoms with van der Waals surface area (Å²) in [6.07, 6.45) is 4.10. The molecule has 1 aliphatic carbocycles. The van der Waals surface area contributed by atoms with Crippen molar-refractivity contribution in [2.75, 3.05) is 19.7 Å². The van der Waals surface area contributed by atoms with E-state index in [2.05, 4.69) is 45.6 Å². The maximum atomic E-state index is 5.87. The van der Waals surface area contributed by atoms with E-state index in [9.17, 15) is 0 Å². The van der Waals surface area contributed by atoms with E-state index >= 15 is 0 Å². The molecular weight excluding hydrogens is 222 g/mol. The van der Waals surface area contributed by atoms with Crippen molar-refractivity contribution in [3.05, 3.63) is 11.6 Å². The van der Waals surface area contributed by atoms with Crippen LogP contribution in [0, 0.1) is 23.7 Å². The van der Waals surface area contributed by atoms with Crippen LogP contribution in [-0.2, 0) is 4.74 Å². The van der Waals surface area contributed by atoms with Gasteiger partial charge in [0.25, 0.3) is 0 Å². The zero-order chi connectivity index (χ0) is 13.3. The third kappa shape index (κ3) is 2.97. The van der Waals surface area contributed by atoms with Gasteiger partial charge in [-0.05, 0) is 37.0 Å². The summed E-state index contributed by atoms with van der Waals surface area (Å²) < 4.78 is 5.87. The molecule has 2 heteroatoms. The molecule has 1 saturated heterocycles. The Balaban J connectivity index is 2.00. The molecule has 0 N–H and O–H groups in total. The average Bonchev–Trinajstić information content (AvgIpc) is 2.71. The molecule has 0 aromatic heterocycles. The molecule has 0 aromatic carbocycles. The molecule has 1 fully saturated rings. The first kappa shape index (κ1) is 14.1. The number of rotatable bonds is 3. The molecule has 0 spiro atoms. The molecule has 1 aliphatic heterocycles. The van der Waals surface area contributed by atoms with Crippen LogP contribution in [0.15, 0.2) is 11.6 Å². The zero-order valence-electron chi connectivity index (χ0n) is 12.6. The van der Waals surface area contributed by atoms with Crippen LogP contribution in [-0.4, -0.2) is 30.8 Å². The van der Waals surface area contributed by atoms with Gasteiger partial charge in [0.1, 0.15) is 6.23 Å². The Morgan fingerprint density at radius 1 is 1.39 bits per heavy atom. The van der Waals surface area contributed by atoms with Gasteiger partial charge in [-0.15, -0.1) is 0 Å². The Bertz CT molecular complexity index is 310. The first-order valence-electron chi connectivity index (χ1n) is 7.52. The summed E-state index contributed by atoms with van der Waals surface area (Å²) in [7, 11) is 0. The predicted octanol–water partition coefficient (Wildman–Crippen LogP) is 3.54. The lowest BCUT2D eigenvalue weighted by molar-refractivity contribution is -0.0144. The summed E-state index contributed by atoms with van der Waals surface area (Å²) in [5, 5.41) is 0. The fraction of sp³-hybridized carbons (Fsp3) is 0.875. The second kappa shape index (κ2) is 5.75. The van der Waals surface area contributed by atoms with Gasteiger partial charge in [-0.3, -0.25) is 4.90 Å². The SMILES string of the molecule is CC1=C[C@@H](C)[C@@H](CN2CCO[C@@H]2C(C)C)[C@@H](C)C1. The van der Waals surface area contributed by atoms with Crippen LogP contribution in [0.5, 0.6) is 0 Å². The molecule has 2 rings (SSSR count). The monoisotopic (exact) mass is 251 g/mol. The van der Waals surface area contributed by atoms with Gasteiger partial charge in [0, 0.05) is 13.1 Å². The fourth-order valence-electron chi connectivity index (χ4n) is 3.77. The van der Waals surface area contributed by atoms with Crippen molar-refractivity contribution in [1.82, 2.24) is 4.90 Å². The first-order valence-corrected chi connectivity index (χ1v) is 7.52. The molecule has 104 valence electrons. The van der Waals surface area contributed by atoms with Crippen LogP contribution in [0.1, 0.15) is 41.0 Å². The van der Waals surface area contributed by atoms with E-state index in [1.54, 1.807) is 5.57 Å².